The van der Waals surface area contributed by atoms with E-state index in [2.05, 4.69) is 33.3 Å². The van der Waals surface area contributed by atoms with Gasteiger partial charge < -0.3 is 15.0 Å². The zero-order chi connectivity index (χ0) is 19.9. The van der Waals surface area contributed by atoms with Gasteiger partial charge in [0.05, 0.1) is 23.2 Å². The molecule has 152 valence electrons. The molecule has 0 spiro atoms. The molecule has 1 fully saturated rings. The summed E-state index contributed by atoms with van der Waals surface area (Å²) in [6.07, 6.45) is 0.375. The first-order valence-corrected chi connectivity index (χ1v) is 10.9. The smallest absolute Gasteiger partial charge is 0.223 e. The molecule has 1 aromatic heterocycles. The summed E-state index contributed by atoms with van der Waals surface area (Å²) in [4.78, 5) is 21.5. The van der Waals surface area contributed by atoms with Gasteiger partial charge in [0.25, 0.3) is 0 Å². The van der Waals surface area contributed by atoms with Crippen molar-refractivity contribution in [2.75, 3.05) is 50.8 Å². The van der Waals surface area contributed by atoms with E-state index in [-0.39, 0.29) is 5.91 Å². The van der Waals surface area contributed by atoms with Crippen LogP contribution in [0.5, 0.6) is 5.75 Å². The molecular weight excluding hydrogens is 384 g/mol. The Morgan fingerprint density at radius 2 is 1.79 bits per heavy atom. The van der Waals surface area contributed by atoms with Crippen molar-refractivity contribution in [3.05, 3.63) is 54.6 Å². The number of para-hydroxylation sites is 2. The van der Waals surface area contributed by atoms with Gasteiger partial charge in [0.15, 0.2) is 5.13 Å². The maximum atomic E-state index is 12.0. The molecule has 7 heteroatoms. The van der Waals surface area contributed by atoms with Crippen molar-refractivity contribution >= 4 is 32.6 Å². The average Bonchev–Trinajstić information content (AvgIpc) is 3.19. The van der Waals surface area contributed by atoms with E-state index in [0.29, 0.717) is 19.6 Å². The van der Waals surface area contributed by atoms with Gasteiger partial charge in [-0.1, -0.05) is 41.7 Å². The highest BCUT2D eigenvalue weighted by Gasteiger charge is 2.19. The summed E-state index contributed by atoms with van der Waals surface area (Å²) in [6, 6.07) is 17.9. The van der Waals surface area contributed by atoms with Gasteiger partial charge in [-0.05, 0) is 24.3 Å². The van der Waals surface area contributed by atoms with Gasteiger partial charge in [-0.3, -0.25) is 9.69 Å². The molecule has 0 bridgehead atoms. The van der Waals surface area contributed by atoms with E-state index in [9.17, 15) is 4.79 Å². The summed E-state index contributed by atoms with van der Waals surface area (Å²) in [5.74, 6) is 0.834. The molecule has 0 unspecified atom stereocenters. The van der Waals surface area contributed by atoms with Crippen LogP contribution in [0.25, 0.3) is 10.2 Å². The maximum absolute atomic E-state index is 12.0. The first-order valence-electron chi connectivity index (χ1n) is 10.1. The molecule has 0 aliphatic carbocycles. The molecule has 1 aliphatic rings. The minimum atomic E-state index is 0.0362. The number of benzene rings is 2. The summed E-state index contributed by atoms with van der Waals surface area (Å²) < 4.78 is 6.81. The number of thiazole rings is 1. The Morgan fingerprint density at radius 3 is 2.59 bits per heavy atom. The number of rotatable bonds is 8. The summed E-state index contributed by atoms with van der Waals surface area (Å²) >= 11 is 1.76. The number of fused-ring (bicyclic) bond motifs is 1. The number of aromatic nitrogens is 1. The summed E-state index contributed by atoms with van der Waals surface area (Å²) in [7, 11) is 0. The molecule has 4 rings (SSSR count). The minimum Gasteiger partial charge on any atom is -0.493 e. The number of ether oxygens (including phenoxy) is 1. The van der Waals surface area contributed by atoms with Crippen LogP contribution in [0.4, 0.5) is 5.13 Å². The number of carbonyl (C=O) groups is 1. The average molecular weight is 411 g/mol. The molecule has 2 heterocycles. The quantitative estimate of drug-likeness (QED) is 0.619. The van der Waals surface area contributed by atoms with Crippen LogP contribution in [0.1, 0.15) is 6.42 Å². The number of carbonyl (C=O) groups excluding carboxylic acids is 1. The van der Waals surface area contributed by atoms with Gasteiger partial charge in [0.2, 0.25) is 5.91 Å². The molecule has 0 saturated carbocycles. The number of nitrogens with one attached hydrogen (secondary N) is 1. The topological polar surface area (TPSA) is 57.7 Å². The van der Waals surface area contributed by atoms with E-state index >= 15 is 0 Å². The van der Waals surface area contributed by atoms with Gasteiger partial charge in [-0.15, -0.1) is 0 Å². The van der Waals surface area contributed by atoms with Crippen molar-refractivity contribution in [1.29, 1.82) is 0 Å². The highest BCUT2D eigenvalue weighted by atomic mass is 32.1. The van der Waals surface area contributed by atoms with Crippen LogP contribution >= 0.6 is 11.3 Å². The van der Waals surface area contributed by atoms with Gasteiger partial charge in [-0.2, -0.15) is 0 Å². The number of nitrogens with zero attached hydrogens (tertiary/aromatic N) is 3. The van der Waals surface area contributed by atoms with Crippen molar-refractivity contribution in [2.45, 2.75) is 6.42 Å². The van der Waals surface area contributed by atoms with E-state index in [1.165, 1.54) is 4.70 Å². The predicted octanol–water partition coefficient (Wildman–Crippen LogP) is 3.00. The van der Waals surface area contributed by atoms with Gasteiger partial charge in [0.1, 0.15) is 5.75 Å². The van der Waals surface area contributed by atoms with Crippen molar-refractivity contribution in [3.8, 4) is 5.75 Å². The third kappa shape index (κ3) is 5.46. The van der Waals surface area contributed by atoms with Crippen LogP contribution in [0.15, 0.2) is 54.6 Å². The van der Waals surface area contributed by atoms with E-state index < -0.39 is 0 Å². The standard InChI is InChI=1S/C22H26N4O2S/c27-21(10-17-28-18-6-2-1-3-7-18)23-11-12-25-13-15-26(16-14-25)22-24-19-8-4-5-9-20(19)29-22/h1-9H,10-17H2,(H,23,27). The first-order chi connectivity index (χ1) is 14.3. The molecule has 1 amide bonds. The Balaban J connectivity index is 1.12. The number of hydrogen-bond acceptors (Lipinski definition) is 6. The zero-order valence-electron chi connectivity index (χ0n) is 16.4. The zero-order valence-corrected chi connectivity index (χ0v) is 17.2. The van der Waals surface area contributed by atoms with Gasteiger partial charge in [-0.25, -0.2) is 4.98 Å². The maximum Gasteiger partial charge on any atom is 0.223 e. The third-order valence-corrected chi connectivity index (χ3v) is 6.11. The van der Waals surface area contributed by atoms with Crippen LogP contribution in [0.3, 0.4) is 0 Å². The predicted molar refractivity (Wildman–Crippen MR) is 118 cm³/mol. The van der Waals surface area contributed by atoms with E-state index in [0.717, 1.165) is 49.1 Å². The SMILES string of the molecule is O=C(CCOc1ccccc1)NCCN1CCN(c2nc3ccccc3s2)CC1. The number of amides is 1. The van der Waals surface area contributed by atoms with E-state index in [4.69, 9.17) is 9.72 Å². The summed E-state index contributed by atoms with van der Waals surface area (Å²) in [5.41, 5.74) is 1.08. The normalized spacial score (nSPS) is 14.8. The molecule has 0 atom stereocenters. The summed E-state index contributed by atoms with van der Waals surface area (Å²) in [5, 5.41) is 4.10. The molecule has 6 nitrogen and oxygen atoms in total. The first kappa shape index (κ1) is 19.7. The molecule has 1 aliphatic heterocycles. The Bertz CT molecular complexity index is 890. The highest BCUT2D eigenvalue weighted by Crippen LogP contribution is 2.29. The Hall–Kier alpha value is -2.64. The van der Waals surface area contributed by atoms with Crippen LogP contribution in [0.2, 0.25) is 0 Å². The lowest BCUT2D eigenvalue weighted by Gasteiger charge is -2.34. The van der Waals surface area contributed by atoms with Crippen LogP contribution in [0, 0.1) is 0 Å². The monoisotopic (exact) mass is 410 g/mol. The fourth-order valence-corrected chi connectivity index (χ4v) is 4.40. The molecule has 3 aromatic rings. The lowest BCUT2D eigenvalue weighted by Crippen LogP contribution is -2.48. The van der Waals surface area contributed by atoms with Crippen molar-refractivity contribution in [2.24, 2.45) is 0 Å². The number of anilines is 1. The van der Waals surface area contributed by atoms with E-state index in [1.54, 1.807) is 11.3 Å². The Labute approximate surface area is 175 Å². The molecule has 2 aromatic carbocycles. The van der Waals surface area contributed by atoms with Crippen molar-refractivity contribution in [1.82, 2.24) is 15.2 Å². The Morgan fingerprint density at radius 1 is 1.03 bits per heavy atom. The second-order valence-corrected chi connectivity index (χ2v) is 8.06. The van der Waals surface area contributed by atoms with Crippen LogP contribution < -0.4 is 15.0 Å². The fraction of sp³-hybridized carbons (Fsp3) is 0.364. The van der Waals surface area contributed by atoms with Crippen molar-refractivity contribution < 1.29 is 9.53 Å². The second kappa shape index (κ2) is 9.71. The largest absolute Gasteiger partial charge is 0.493 e. The van der Waals surface area contributed by atoms with E-state index in [1.807, 2.05) is 36.4 Å². The summed E-state index contributed by atoms with van der Waals surface area (Å²) in [6.45, 7) is 5.87. The number of piperazine rings is 1. The third-order valence-electron chi connectivity index (χ3n) is 5.02. The second-order valence-electron chi connectivity index (χ2n) is 7.05. The van der Waals surface area contributed by atoms with Crippen LogP contribution in [-0.4, -0.2) is 61.7 Å². The van der Waals surface area contributed by atoms with Crippen molar-refractivity contribution in [3.63, 3.8) is 0 Å². The molecule has 1 saturated heterocycles. The fourth-order valence-electron chi connectivity index (χ4n) is 3.38. The molecule has 0 radical (unpaired) electrons. The lowest BCUT2D eigenvalue weighted by atomic mass is 10.3. The Kier molecular flexibility index (Phi) is 6.59. The lowest BCUT2D eigenvalue weighted by molar-refractivity contribution is -0.121. The van der Waals surface area contributed by atoms with Crippen LogP contribution in [-0.2, 0) is 4.79 Å². The van der Waals surface area contributed by atoms with Gasteiger partial charge in [0, 0.05) is 39.3 Å². The molecular formula is C22H26N4O2S. The molecule has 29 heavy (non-hydrogen) atoms. The highest BCUT2D eigenvalue weighted by molar-refractivity contribution is 7.22. The minimum absolute atomic E-state index is 0.0362. The molecule has 1 N–H and O–H groups in total. The van der Waals surface area contributed by atoms with Gasteiger partial charge >= 0.3 is 0 Å². The number of hydrogen-bond donors (Lipinski definition) is 1.